The SMILES string of the molecule is CC(C)c1csc(NC(=O)/C=C/c2ccsc2)n1. The quantitative estimate of drug-likeness (QED) is 0.859. The molecule has 0 aliphatic heterocycles. The van der Waals surface area contributed by atoms with E-state index in [0.717, 1.165) is 11.3 Å². The maximum absolute atomic E-state index is 11.7. The number of rotatable bonds is 4. The molecular weight excluding hydrogens is 264 g/mol. The highest BCUT2D eigenvalue weighted by Crippen LogP contribution is 2.21. The first kappa shape index (κ1) is 13.0. The van der Waals surface area contributed by atoms with Crippen molar-refractivity contribution < 1.29 is 4.79 Å². The minimum absolute atomic E-state index is 0.147. The van der Waals surface area contributed by atoms with Gasteiger partial charge in [-0.15, -0.1) is 11.3 Å². The molecule has 0 saturated heterocycles. The molecule has 5 heteroatoms. The van der Waals surface area contributed by atoms with Crippen molar-refractivity contribution >= 4 is 39.8 Å². The number of anilines is 1. The van der Waals surface area contributed by atoms with Crippen LogP contribution in [-0.2, 0) is 4.79 Å². The second kappa shape index (κ2) is 5.93. The maximum Gasteiger partial charge on any atom is 0.250 e. The number of nitrogens with zero attached hydrogens (tertiary/aromatic N) is 1. The van der Waals surface area contributed by atoms with E-state index >= 15 is 0 Å². The van der Waals surface area contributed by atoms with Crippen LogP contribution < -0.4 is 5.32 Å². The summed E-state index contributed by atoms with van der Waals surface area (Å²) in [5.74, 6) is 0.235. The van der Waals surface area contributed by atoms with Gasteiger partial charge in [-0.25, -0.2) is 4.98 Å². The molecular formula is C13H14N2OS2. The lowest BCUT2D eigenvalue weighted by atomic mass is 10.2. The van der Waals surface area contributed by atoms with E-state index in [1.165, 1.54) is 17.4 Å². The van der Waals surface area contributed by atoms with Crippen molar-refractivity contribution in [3.05, 3.63) is 39.5 Å². The fourth-order valence-corrected chi connectivity index (χ4v) is 2.80. The number of amides is 1. The molecule has 0 fully saturated rings. The Morgan fingerprint density at radius 1 is 1.44 bits per heavy atom. The van der Waals surface area contributed by atoms with Crippen LogP contribution in [0.1, 0.15) is 31.0 Å². The van der Waals surface area contributed by atoms with Gasteiger partial charge < -0.3 is 0 Å². The Kier molecular flexibility index (Phi) is 4.28. The maximum atomic E-state index is 11.7. The first-order valence-electron chi connectivity index (χ1n) is 5.62. The fourth-order valence-electron chi connectivity index (χ4n) is 1.30. The molecule has 18 heavy (non-hydrogen) atoms. The smallest absolute Gasteiger partial charge is 0.250 e. The van der Waals surface area contributed by atoms with Crippen LogP contribution in [0.15, 0.2) is 28.3 Å². The van der Waals surface area contributed by atoms with Crippen LogP contribution in [0, 0.1) is 0 Å². The summed E-state index contributed by atoms with van der Waals surface area (Å²) >= 11 is 3.06. The lowest BCUT2D eigenvalue weighted by Crippen LogP contribution is -2.07. The van der Waals surface area contributed by atoms with Gasteiger partial charge in [0.2, 0.25) is 5.91 Å². The second-order valence-electron chi connectivity index (χ2n) is 4.11. The number of carbonyl (C=O) groups excluding carboxylic acids is 1. The van der Waals surface area contributed by atoms with Crippen molar-refractivity contribution in [1.29, 1.82) is 0 Å². The minimum Gasteiger partial charge on any atom is -0.298 e. The molecule has 0 atom stereocenters. The van der Waals surface area contributed by atoms with E-state index < -0.39 is 0 Å². The molecule has 0 bridgehead atoms. The van der Waals surface area contributed by atoms with Crippen molar-refractivity contribution in [2.45, 2.75) is 19.8 Å². The highest BCUT2D eigenvalue weighted by molar-refractivity contribution is 7.14. The Balaban J connectivity index is 1.94. The van der Waals surface area contributed by atoms with Gasteiger partial charge in [0.1, 0.15) is 0 Å². The lowest BCUT2D eigenvalue weighted by molar-refractivity contribution is -0.111. The number of hydrogen-bond donors (Lipinski definition) is 1. The summed E-state index contributed by atoms with van der Waals surface area (Å²) in [6.07, 6.45) is 3.32. The Hall–Kier alpha value is -1.46. The van der Waals surface area contributed by atoms with Crippen LogP contribution in [0.2, 0.25) is 0 Å². The van der Waals surface area contributed by atoms with Crippen molar-refractivity contribution in [2.24, 2.45) is 0 Å². The van der Waals surface area contributed by atoms with Crippen LogP contribution in [0.4, 0.5) is 5.13 Å². The Morgan fingerprint density at radius 3 is 2.89 bits per heavy atom. The van der Waals surface area contributed by atoms with E-state index in [1.54, 1.807) is 17.4 Å². The summed E-state index contributed by atoms with van der Waals surface area (Å²) in [5, 5.41) is 9.36. The molecule has 0 radical (unpaired) electrons. The van der Waals surface area contributed by atoms with Gasteiger partial charge in [0.05, 0.1) is 5.69 Å². The lowest BCUT2D eigenvalue weighted by Gasteiger charge is -1.98. The number of carbonyl (C=O) groups is 1. The normalized spacial score (nSPS) is 11.3. The van der Waals surface area contributed by atoms with E-state index in [2.05, 4.69) is 24.1 Å². The van der Waals surface area contributed by atoms with E-state index in [1.807, 2.05) is 22.2 Å². The van der Waals surface area contributed by atoms with Gasteiger partial charge >= 0.3 is 0 Å². The molecule has 2 aromatic rings. The third-order valence-electron chi connectivity index (χ3n) is 2.31. The number of nitrogens with one attached hydrogen (secondary N) is 1. The molecule has 0 spiro atoms. The molecule has 0 aliphatic carbocycles. The predicted molar refractivity (Wildman–Crippen MR) is 78.2 cm³/mol. The van der Waals surface area contributed by atoms with Crippen LogP contribution in [0.25, 0.3) is 6.08 Å². The van der Waals surface area contributed by atoms with Gasteiger partial charge in [-0.05, 0) is 34.4 Å². The van der Waals surface area contributed by atoms with E-state index in [0.29, 0.717) is 11.0 Å². The third kappa shape index (κ3) is 3.51. The van der Waals surface area contributed by atoms with Crippen molar-refractivity contribution in [3.8, 4) is 0 Å². The monoisotopic (exact) mass is 278 g/mol. The van der Waals surface area contributed by atoms with Gasteiger partial charge in [0.25, 0.3) is 0 Å². The molecule has 1 N–H and O–H groups in total. The molecule has 0 aromatic carbocycles. The molecule has 2 heterocycles. The third-order valence-corrected chi connectivity index (χ3v) is 3.79. The van der Waals surface area contributed by atoms with Crippen LogP contribution in [0.5, 0.6) is 0 Å². The Morgan fingerprint density at radius 2 is 2.28 bits per heavy atom. The van der Waals surface area contributed by atoms with Gasteiger partial charge in [0.15, 0.2) is 5.13 Å². The van der Waals surface area contributed by atoms with Gasteiger partial charge in [-0.3, -0.25) is 10.1 Å². The Bertz CT molecular complexity index is 541. The number of aromatic nitrogens is 1. The molecule has 3 nitrogen and oxygen atoms in total. The van der Waals surface area contributed by atoms with Crippen molar-refractivity contribution in [2.75, 3.05) is 5.32 Å². The van der Waals surface area contributed by atoms with Crippen molar-refractivity contribution in [3.63, 3.8) is 0 Å². The molecule has 2 aromatic heterocycles. The summed E-state index contributed by atoms with van der Waals surface area (Å²) in [7, 11) is 0. The average molecular weight is 278 g/mol. The minimum atomic E-state index is -0.147. The van der Waals surface area contributed by atoms with Gasteiger partial charge in [-0.1, -0.05) is 13.8 Å². The van der Waals surface area contributed by atoms with Crippen molar-refractivity contribution in [1.82, 2.24) is 4.98 Å². The molecule has 94 valence electrons. The number of thiophene rings is 1. The van der Waals surface area contributed by atoms with E-state index in [9.17, 15) is 4.79 Å². The standard InChI is InChI=1S/C13H14N2OS2/c1-9(2)11-8-18-13(14-11)15-12(16)4-3-10-5-6-17-7-10/h3-9H,1-2H3,(H,14,15,16)/b4-3+. The summed E-state index contributed by atoms with van der Waals surface area (Å²) in [6.45, 7) is 4.16. The zero-order valence-corrected chi connectivity index (χ0v) is 11.8. The summed E-state index contributed by atoms with van der Waals surface area (Å²) < 4.78 is 0. The summed E-state index contributed by atoms with van der Waals surface area (Å²) in [5.41, 5.74) is 2.05. The Labute approximate surface area is 114 Å². The van der Waals surface area contributed by atoms with Gasteiger partial charge in [0, 0.05) is 11.5 Å². The summed E-state index contributed by atoms with van der Waals surface area (Å²) in [4.78, 5) is 16.0. The van der Waals surface area contributed by atoms with Gasteiger partial charge in [-0.2, -0.15) is 11.3 Å². The molecule has 0 unspecified atom stereocenters. The van der Waals surface area contributed by atoms with Crippen LogP contribution in [-0.4, -0.2) is 10.9 Å². The molecule has 0 aliphatic rings. The number of thiazole rings is 1. The largest absolute Gasteiger partial charge is 0.298 e. The highest BCUT2D eigenvalue weighted by atomic mass is 32.1. The van der Waals surface area contributed by atoms with E-state index in [-0.39, 0.29) is 5.91 Å². The first-order chi connectivity index (χ1) is 8.65. The zero-order valence-electron chi connectivity index (χ0n) is 10.2. The molecule has 2 rings (SSSR count). The first-order valence-corrected chi connectivity index (χ1v) is 7.44. The highest BCUT2D eigenvalue weighted by Gasteiger charge is 2.06. The molecule has 1 amide bonds. The van der Waals surface area contributed by atoms with Crippen LogP contribution >= 0.6 is 22.7 Å². The predicted octanol–water partition coefficient (Wildman–Crippen LogP) is 3.98. The average Bonchev–Trinajstić information content (AvgIpc) is 2.96. The zero-order chi connectivity index (χ0) is 13.0. The number of hydrogen-bond acceptors (Lipinski definition) is 4. The van der Waals surface area contributed by atoms with E-state index in [4.69, 9.17) is 0 Å². The summed E-state index contributed by atoms with van der Waals surface area (Å²) in [6, 6.07) is 1.97. The van der Waals surface area contributed by atoms with Crippen LogP contribution in [0.3, 0.4) is 0 Å². The fraction of sp³-hybridized carbons (Fsp3) is 0.231. The molecule has 0 saturated carbocycles. The second-order valence-corrected chi connectivity index (χ2v) is 5.75. The topological polar surface area (TPSA) is 42.0 Å².